The molecular formula is C9H12F2N2O3. The van der Waals surface area contributed by atoms with Crippen molar-refractivity contribution in [3.63, 3.8) is 0 Å². The maximum atomic E-state index is 13.4. The lowest BCUT2D eigenvalue weighted by Gasteiger charge is -2.48. The fourth-order valence-corrected chi connectivity index (χ4v) is 1.44. The molecule has 0 radical (unpaired) electrons. The van der Waals surface area contributed by atoms with Crippen LogP contribution in [0.3, 0.4) is 0 Å². The molecule has 1 aliphatic rings. The maximum absolute atomic E-state index is 13.4. The van der Waals surface area contributed by atoms with E-state index in [1.807, 2.05) is 0 Å². The highest BCUT2D eigenvalue weighted by atomic mass is 19.3. The van der Waals surface area contributed by atoms with Crippen LogP contribution in [0.2, 0.25) is 0 Å². The zero-order valence-electron chi connectivity index (χ0n) is 8.67. The van der Waals surface area contributed by atoms with Crippen LogP contribution in [-0.2, 0) is 9.59 Å². The SMILES string of the molecule is C=CC(=O)N1CC(O)(C(F)(F)C(=O)NC)C1. The molecule has 0 aromatic rings. The Morgan fingerprint density at radius 1 is 1.56 bits per heavy atom. The van der Waals surface area contributed by atoms with Gasteiger partial charge >= 0.3 is 5.92 Å². The number of nitrogens with one attached hydrogen (secondary N) is 1. The first kappa shape index (κ1) is 12.6. The summed E-state index contributed by atoms with van der Waals surface area (Å²) >= 11 is 0. The summed E-state index contributed by atoms with van der Waals surface area (Å²) in [6.45, 7) is 2.02. The fraction of sp³-hybridized carbons (Fsp3) is 0.556. The van der Waals surface area contributed by atoms with Crippen LogP contribution in [0.4, 0.5) is 8.78 Å². The van der Waals surface area contributed by atoms with Crippen LogP contribution >= 0.6 is 0 Å². The Kier molecular flexibility index (Phi) is 3.00. The van der Waals surface area contributed by atoms with E-state index in [0.717, 1.165) is 18.0 Å². The lowest BCUT2D eigenvalue weighted by Crippen LogP contribution is -2.74. The molecule has 0 saturated carbocycles. The Hall–Kier alpha value is -1.50. The molecule has 1 aliphatic heterocycles. The maximum Gasteiger partial charge on any atom is 0.355 e. The van der Waals surface area contributed by atoms with E-state index in [0.29, 0.717) is 0 Å². The number of carbonyl (C=O) groups is 2. The third kappa shape index (κ3) is 1.67. The minimum Gasteiger partial charge on any atom is -0.379 e. The number of amides is 2. The van der Waals surface area contributed by atoms with Gasteiger partial charge in [0.05, 0.1) is 13.1 Å². The minimum atomic E-state index is -3.92. The molecule has 1 rings (SSSR count). The first-order valence-corrected chi connectivity index (χ1v) is 4.52. The molecule has 0 aliphatic carbocycles. The highest BCUT2D eigenvalue weighted by molar-refractivity contribution is 5.89. The number of halogens is 2. The average molecular weight is 234 g/mol. The molecule has 0 unspecified atom stereocenters. The highest BCUT2D eigenvalue weighted by Crippen LogP contribution is 2.36. The lowest BCUT2D eigenvalue weighted by atomic mass is 9.86. The number of β-amino-alcohol motifs (C(OH)–C–C–N with tert-alkyl or cyclic N) is 1. The lowest BCUT2D eigenvalue weighted by molar-refractivity contribution is -0.232. The smallest absolute Gasteiger partial charge is 0.355 e. The van der Waals surface area contributed by atoms with Gasteiger partial charge in [0.15, 0.2) is 5.60 Å². The van der Waals surface area contributed by atoms with E-state index in [2.05, 4.69) is 6.58 Å². The second-order valence-electron chi connectivity index (χ2n) is 3.58. The molecule has 0 atom stereocenters. The van der Waals surface area contributed by atoms with E-state index in [1.54, 1.807) is 5.32 Å². The number of alkyl halides is 2. The monoisotopic (exact) mass is 234 g/mol. The van der Waals surface area contributed by atoms with Gasteiger partial charge in [-0.1, -0.05) is 6.58 Å². The zero-order chi connectivity index (χ0) is 12.6. The molecule has 16 heavy (non-hydrogen) atoms. The summed E-state index contributed by atoms with van der Waals surface area (Å²) in [4.78, 5) is 22.8. The highest BCUT2D eigenvalue weighted by Gasteiger charge is 2.64. The molecule has 2 amide bonds. The first-order chi connectivity index (χ1) is 7.28. The van der Waals surface area contributed by atoms with Crippen LogP contribution in [0.25, 0.3) is 0 Å². The van der Waals surface area contributed by atoms with Gasteiger partial charge in [0, 0.05) is 7.05 Å². The van der Waals surface area contributed by atoms with E-state index >= 15 is 0 Å². The number of hydrogen-bond acceptors (Lipinski definition) is 3. The van der Waals surface area contributed by atoms with Crippen molar-refractivity contribution in [1.82, 2.24) is 10.2 Å². The summed E-state index contributed by atoms with van der Waals surface area (Å²) in [5.74, 6) is -6.04. The second-order valence-corrected chi connectivity index (χ2v) is 3.58. The van der Waals surface area contributed by atoms with Gasteiger partial charge in [0.25, 0.3) is 5.91 Å². The number of aliphatic hydroxyl groups is 1. The van der Waals surface area contributed by atoms with Gasteiger partial charge in [-0.3, -0.25) is 9.59 Å². The Morgan fingerprint density at radius 3 is 2.44 bits per heavy atom. The largest absolute Gasteiger partial charge is 0.379 e. The quantitative estimate of drug-likeness (QED) is 0.623. The Morgan fingerprint density at radius 2 is 2.06 bits per heavy atom. The standard InChI is InChI=1S/C9H12F2N2O3/c1-3-6(14)13-4-8(16,5-13)9(10,11)7(15)12-2/h3,16H,1,4-5H2,2H3,(H,12,15). The van der Waals surface area contributed by atoms with Crippen molar-refractivity contribution in [2.45, 2.75) is 11.5 Å². The Balaban J connectivity index is 2.74. The molecule has 0 aromatic carbocycles. The molecule has 1 heterocycles. The van der Waals surface area contributed by atoms with E-state index in [-0.39, 0.29) is 0 Å². The van der Waals surface area contributed by atoms with E-state index < -0.39 is 36.4 Å². The number of rotatable bonds is 3. The fourth-order valence-electron chi connectivity index (χ4n) is 1.44. The molecule has 7 heteroatoms. The van der Waals surface area contributed by atoms with Crippen LogP contribution in [-0.4, -0.2) is 53.5 Å². The third-order valence-corrected chi connectivity index (χ3v) is 2.49. The molecule has 1 saturated heterocycles. The van der Waals surface area contributed by atoms with Gasteiger partial charge in [-0.05, 0) is 6.08 Å². The predicted molar refractivity (Wildman–Crippen MR) is 50.7 cm³/mol. The molecular weight excluding hydrogens is 222 g/mol. The van der Waals surface area contributed by atoms with Crippen molar-refractivity contribution in [3.05, 3.63) is 12.7 Å². The molecule has 5 nitrogen and oxygen atoms in total. The van der Waals surface area contributed by atoms with Crippen molar-refractivity contribution in [2.24, 2.45) is 0 Å². The van der Waals surface area contributed by atoms with Gasteiger partial charge in [-0.25, -0.2) is 0 Å². The molecule has 0 aromatic heterocycles. The number of likely N-dealkylation sites (tertiary alicyclic amines) is 1. The first-order valence-electron chi connectivity index (χ1n) is 4.52. The molecule has 2 N–H and O–H groups in total. The Bertz CT molecular complexity index is 338. The van der Waals surface area contributed by atoms with Crippen molar-refractivity contribution in [2.75, 3.05) is 20.1 Å². The average Bonchev–Trinajstić information content (AvgIpc) is 2.21. The molecule has 0 bridgehead atoms. The van der Waals surface area contributed by atoms with Crippen LogP contribution in [0, 0.1) is 0 Å². The summed E-state index contributed by atoms with van der Waals surface area (Å²) in [6, 6.07) is 0. The Labute approximate surface area is 90.7 Å². The third-order valence-electron chi connectivity index (χ3n) is 2.49. The summed E-state index contributed by atoms with van der Waals surface area (Å²) in [7, 11) is 1.05. The number of carbonyl (C=O) groups excluding carboxylic acids is 2. The van der Waals surface area contributed by atoms with E-state index in [9.17, 15) is 23.5 Å². The number of hydrogen-bond donors (Lipinski definition) is 2. The zero-order valence-corrected chi connectivity index (χ0v) is 8.67. The van der Waals surface area contributed by atoms with Gasteiger partial charge in [-0.15, -0.1) is 0 Å². The van der Waals surface area contributed by atoms with Crippen molar-refractivity contribution >= 4 is 11.8 Å². The van der Waals surface area contributed by atoms with E-state index in [4.69, 9.17) is 0 Å². The van der Waals surface area contributed by atoms with Crippen molar-refractivity contribution in [1.29, 1.82) is 0 Å². The summed E-state index contributed by atoms with van der Waals surface area (Å²) < 4.78 is 26.7. The normalized spacial score (nSPS) is 18.6. The van der Waals surface area contributed by atoms with Gasteiger partial charge < -0.3 is 15.3 Å². The van der Waals surface area contributed by atoms with Gasteiger partial charge in [0.1, 0.15) is 0 Å². The van der Waals surface area contributed by atoms with Crippen LogP contribution in [0.1, 0.15) is 0 Å². The molecule has 90 valence electrons. The van der Waals surface area contributed by atoms with Crippen molar-refractivity contribution in [3.8, 4) is 0 Å². The molecule has 0 spiro atoms. The predicted octanol–water partition coefficient (Wildman–Crippen LogP) is -0.873. The van der Waals surface area contributed by atoms with Crippen LogP contribution < -0.4 is 5.32 Å². The topological polar surface area (TPSA) is 69.6 Å². The minimum absolute atomic E-state index is 0.558. The van der Waals surface area contributed by atoms with Gasteiger partial charge in [0.2, 0.25) is 5.91 Å². The van der Waals surface area contributed by atoms with Crippen molar-refractivity contribution < 1.29 is 23.5 Å². The van der Waals surface area contributed by atoms with Crippen LogP contribution in [0.15, 0.2) is 12.7 Å². The van der Waals surface area contributed by atoms with Crippen LogP contribution in [0.5, 0.6) is 0 Å². The summed E-state index contributed by atoms with van der Waals surface area (Å²) in [6.07, 6.45) is 0.956. The van der Waals surface area contributed by atoms with Gasteiger partial charge in [-0.2, -0.15) is 8.78 Å². The summed E-state index contributed by atoms with van der Waals surface area (Å²) in [5.41, 5.74) is -2.49. The number of nitrogens with zero attached hydrogens (tertiary/aromatic N) is 1. The second kappa shape index (κ2) is 3.82. The van der Waals surface area contributed by atoms with E-state index in [1.165, 1.54) is 0 Å². The summed E-state index contributed by atoms with van der Waals surface area (Å²) in [5, 5.41) is 11.3. The molecule has 1 fully saturated rings.